The molecule has 1 amide bonds. The summed E-state index contributed by atoms with van der Waals surface area (Å²) < 4.78 is 0. The molecule has 0 spiro atoms. The van der Waals surface area contributed by atoms with E-state index in [9.17, 15) is 4.79 Å². The lowest BCUT2D eigenvalue weighted by Gasteiger charge is -2.19. The van der Waals surface area contributed by atoms with Gasteiger partial charge in [0.15, 0.2) is 0 Å². The average Bonchev–Trinajstić information content (AvgIpc) is 2.38. The normalized spacial score (nSPS) is 22.4. The molecule has 3 heteroatoms. The van der Waals surface area contributed by atoms with Gasteiger partial charge in [-0.15, -0.1) is 0 Å². The number of hydrogen-bond donors (Lipinski definition) is 1. The zero-order valence-corrected chi connectivity index (χ0v) is 10.1. The quantitative estimate of drug-likeness (QED) is 0.780. The summed E-state index contributed by atoms with van der Waals surface area (Å²) in [5.41, 5.74) is 4.43. The van der Waals surface area contributed by atoms with E-state index in [1.54, 1.807) is 12.1 Å². The molecule has 3 nitrogen and oxygen atoms in total. The topological polar surface area (TPSA) is 41.5 Å². The van der Waals surface area contributed by atoms with E-state index >= 15 is 0 Å². The van der Waals surface area contributed by atoms with E-state index in [0.717, 1.165) is 12.1 Å². The van der Waals surface area contributed by atoms with Crippen molar-refractivity contribution in [3.8, 4) is 0 Å². The second-order valence-electron chi connectivity index (χ2n) is 4.56. The number of hydrazone groups is 1. The molecule has 0 aromatic heterocycles. The minimum atomic E-state index is -0.129. The van der Waals surface area contributed by atoms with Crippen LogP contribution in [0.5, 0.6) is 0 Å². The Labute approximate surface area is 102 Å². The molecule has 1 aromatic rings. The minimum Gasteiger partial charge on any atom is -0.267 e. The first kappa shape index (κ1) is 11.8. The van der Waals surface area contributed by atoms with Gasteiger partial charge in [0, 0.05) is 11.3 Å². The van der Waals surface area contributed by atoms with Gasteiger partial charge in [-0.05, 0) is 37.3 Å². The van der Waals surface area contributed by atoms with E-state index in [2.05, 4.69) is 17.5 Å². The maximum absolute atomic E-state index is 11.8. The molecule has 0 unspecified atom stereocenters. The number of rotatable bonds is 2. The summed E-state index contributed by atoms with van der Waals surface area (Å²) in [6.07, 6.45) is 4.65. The Morgan fingerprint density at radius 3 is 2.76 bits per heavy atom. The van der Waals surface area contributed by atoms with Crippen molar-refractivity contribution in [3.63, 3.8) is 0 Å². The number of carbonyl (C=O) groups excluding carboxylic acids is 1. The molecule has 0 saturated heterocycles. The highest BCUT2D eigenvalue weighted by molar-refractivity contribution is 5.95. The van der Waals surface area contributed by atoms with Gasteiger partial charge in [0.05, 0.1) is 0 Å². The van der Waals surface area contributed by atoms with Crippen LogP contribution < -0.4 is 5.43 Å². The molecule has 17 heavy (non-hydrogen) atoms. The Hall–Kier alpha value is -1.64. The summed E-state index contributed by atoms with van der Waals surface area (Å²) in [6.45, 7) is 2.17. The van der Waals surface area contributed by atoms with Crippen LogP contribution in [0.15, 0.2) is 35.4 Å². The number of benzene rings is 1. The fraction of sp³-hybridized carbons (Fsp3) is 0.429. The molecule has 1 aliphatic carbocycles. The fourth-order valence-electron chi connectivity index (χ4n) is 2.11. The number of nitrogens with one attached hydrogen (secondary N) is 1. The summed E-state index contributed by atoms with van der Waals surface area (Å²) >= 11 is 0. The van der Waals surface area contributed by atoms with Crippen molar-refractivity contribution in [1.29, 1.82) is 0 Å². The van der Waals surface area contributed by atoms with Gasteiger partial charge in [-0.1, -0.05) is 31.5 Å². The number of hydrogen-bond acceptors (Lipinski definition) is 2. The zero-order chi connectivity index (χ0) is 12.1. The summed E-state index contributed by atoms with van der Waals surface area (Å²) in [5, 5.41) is 4.26. The summed E-state index contributed by atoms with van der Waals surface area (Å²) in [4.78, 5) is 11.8. The van der Waals surface area contributed by atoms with Crippen molar-refractivity contribution >= 4 is 11.6 Å². The average molecular weight is 230 g/mol. The first-order valence-corrected chi connectivity index (χ1v) is 6.19. The molecule has 0 radical (unpaired) electrons. The van der Waals surface area contributed by atoms with Crippen molar-refractivity contribution in [3.05, 3.63) is 35.9 Å². The smallest absolute Gasteiger partial charge is 0.267 e. The van der Waals surface area contributed by atoms with Crippen LogP contribution in [-0.4, -0.2) is 11.6 Å². The number of nitrogens with zero attached hydrogens (tertiary/aromatic N) is 1. The maximum Gasteiger partial charge on any atom is 0.271 e. The van der Waals surface area contributed by atoms with Crippen molar-refractivity contribution in [2.75, 3.05) is 0 Å². The van der Waals surface area contributed by atoms with Gasteiger partial charge in [-0.3, -0.25) is 4.79 Å². The van der Waals surface area contributed by atoms with Crippen molar-refractivity contribution < 1.29 is 4.79 Å². The summed E-state index contributed by atoms with van der Waals surface area (Å²) in [7, 11) is 0. The van der Waals surface area contributed by atoms with E-state index in [0.29, 0.717) is 11.5 Å². The molecule has 1 fully saturated rings. The lowest BCUT2D eigenvalue weighted by atomic mass is 9.89. The van der Waals surface area contributed by atoms with Gasteiger partial charge in [-0.25, -0.2) is 5.43 Å². The van der Waals surface area contributed by atoms with Crippen molar-refractivity contribution in [2.45, 2.75) is 32.6 Å². The monoisotopic (exact) mass is 230 g/mol. The SMILES string of the molecule is C[C@H]1CCCC/C1=N/NC(=O)c1ccccc1. The Morgan fingerprint density at radius 1 is 1.29 bits per heavy atom. The third-order valence-electron chi connectivity index (χ3n) is 3.23. The third kappa shape index (κ3) is 3.16. The van der Waals surface area contributed by atoms with Gasteiger partial charge < -0.3 is 0 Å². The summed E-state index contributed by atoms with van der Waals surface area (Å²) in [5.74, 6) is 0.371. The highest BCUT2D eigenvalue weighted by atomic mass is 16.2. The predicted octanol–water partition coefficient (Wildman–Crippen LogP) is 2.98. The van der Waals surface area contributed by atoms with E-state index in [1.807, 2.05) is 18.2 Å². The Bertz CT molecular complexity index is 411. The lowest BCUT2D eigenvalue weighted by molar-refractivity contribution is 0.0954. The first-order valence-electron chi connectivity index (χ1n) is 6.19. The minimum absolute atomic E-state index is 0.129. The van der Waals surface area contributed by atoms with Crippen molar-refractivity contribution in [1.82, 2.24) is 5.43 Å². The zero-order valence-electron chi connectivity index (χ0n) is 10.1. The highest BCUT2D eigenvalue weighted by Gasteiger charge is 2.16. The van der Waals surface area contributed by atoms with Crippen LogP contribution in [0, 0.1) is 5.92 Å². The van der Waals surface area contributed by atoms with Gasteiger partial charge in [0.25, 0.3) is 5.91 Å². The molecular formula is C14H18N2O. The first-order chi connectivity index (χ1) is 8.27. The van der Waals surface area contributed by atoms with Crippen LogP contribution in [-0.2, 0) is 0 Å². The predicted molar refractivity (Wildman–Crippen MR) is 69.0 cm³/mol. The van der Waals surface area contributed by atoms with Crippen LogP contribution in [0.1, 0.15) is 43.0 Å². The third-order valence-corrected chi connectivity index (χ3v) is 3.23. The van der Waals surface area contributed by atoms with Crippen LogP contribution in [0.4, 0.5) is 0 Å². The van der Waals surface area contributed by atoms with Crippen LogP contribution in [0.2, 0.25) is 0 Å². The van der Waals surface area contributed by atoms with Crippen LogP contribution in [0.3, 0.4) is 0 Å². The number of amides is 1. The molecule has 1 aromatic carbocycles. The fourth-order valence-corrected chi connectivity index (χ4v) is 2.11. The van der Waals surface area contributed by atoms with Gasteiger partial charge >= 0.3 is 0 Å². The molecule has 1 atom stereocenters. The van der Waals surface area contributed by atoms with Crippen molar-refractivity contribution in [2.24, 2.45) is 11.0 Å². The van der Waals surface area contributed by atoms with Gasteiger partial charge in [0.1, 0.15) is 0 Å². The molecular weight excluding hydrogens is 212 g/mol. The molecule has 1 aliphatic rings. The number of carbonyl (C=O) groups is 1. The molecule has 2 rings (SSSR count). The van der Waals surface area contributed by atoms with E-state index < -0.39 is 0 Å². The lowest BCUT2D eigenvalue weighted by Crippen LogP contribution is -2.24. The second-order valence-corrected chi connectivity index (χ2v) is 4.56. The second kappa shape index (κ2) is 5.62. The molecule has 0 aliphatic heterocycles. The van der Waals surface area contributed by atoms with Gasteiger partial charge in [-0.2, -0.15) is 5.10 Å². The van der Waals surface area contributed by atoms with Crippen LogP contribution >= 0.6 is 0 Å². The Kier molecular flexibility index (Phi) is 3.91. The maximum atomic E-state index is 11.8. The van der Waals surface area contributed by atoms with Gasteiger partial charge in [0.2, 0.25) is 0 Å². The molecule has 1 saturated carbocycles. The Morgan fingerprint density at radius 2 is 2.06 bits per heavy atom. The Balaban J connectivity index is 1.97. The molecule has 90 valence electrons. The molecule has 0 heterocycles. The molecule has 0 bridgehead atoms. The highest BCUT2D eigenvalue weighted by Crippen LogP contribution is 2.20. The van der Waals surface area contributed by atoms with Crippen LogP contribution in [0.25, 0.3) is 0 Å². The molecule has 1 N–H and O–H groups in total. The summed E-state index contributed by atoms with van der Waals surface area (Å²) in [6, 6.07) is 9.18. The van der Waals surface area contributed by atoms with E-state index in [1.165, 1.54) is 19.3 Å². The standard InChI is InChI=1S/C14H18N2O/c1-11-7-5-6-10-13(11)15-16-14(17)12-8-3-2-4-9-12/h2-4,8-9,11H,5-7,10H2,1H3,(H,16,17)/b15-13-/t11-/m0/s1. The van der Waals surface area contributed by atoms with E-state index in [-0.39, 0.29) is 5.91 Å². The van der Waals surface area contributed by atoms with E-state index in [4.69, 9.17) is 0 Å². The largest absolute Gasteiger partial charge is 0.271 e.